The Morgan fingerprint density at radius 1 is 0.885 bits per heavy atom. The van der Waals surface area contributed by atoms with Crippen LogP contribution in [0.4, 0.5) is 5.69 Å². The third-order valence-corrected chi connectivity index (χ3v) is 4.36. The summed E-state index contributed by atoms with van der Waals surface area (Å²) in [6.07, 6.45) is 0.877. The van der Waals surface area contributed by atoms with E-state index in [0.29, 0.717) is 40.2 Å². The number of para-hydroxylation sites is 1. The molecule has 0 saturated heterocycles. The second-order valence-corrected chi connectivity index (χ2v) is 6.12. The molecule has 130 valence electrons. The molecule has 1 heterocycles. The van der Waals surface area contributed by atoms with Crippen molar-refractivity contribution < 1.29 is 14.3 Å². The van der Waals surface area contributed by atoms with Crippen LogP contribution >= 0.6 is 0 Å². The first-order valence-electron chi connectivity index (χ1n) is 8.62. The highest BCUT2D eigenvalue weighted by atomic mass is 16.5. The van der Waals surface area contributed by atoms with E-state index in [2.05, 4.69) is 10.6 Å². The molecule has 26 heavy (non-hydrogen) atoms. The Morgan fingerprint density at radius 2 is 1.54 bits per heavy atom. The molecule has 0 spiro atoms. The summed E-state index contributed by atoms with van der Waals surface area (Å²) in [6, 6.07) is 16.9. The average molecular weight is 346 g/mol. The third kappa shape index (κ3) is 2.58. The Balaban J connectivity index is 2.02. The molecule has 0 aliphatic carbocycles. The standard InChI is InChI=1S/C21H18N2O3/c1-2-12-22-18-17-16(20(24)23-21(17)25)14-10-6-7-11-15(14)19(18)26-13-8-4-3-5-9-13/h3-11,22H,2,12H2,1H3,(H,23,24,25). The minimum Gasteiger partial charge on any atom is -0.455 e. The molecule has 1 aliphatic rings. The van der Waals surface area contributed by atoms with E-state index in [9.17, 15) is 9.59 Å². The lowest BCUT2D eigenvalue weighted by atomic mass is 9.97. The molecule has 0 fully saturated rings. The molecule has 2 N–H and O–H groups in total. The molecule has 4 rings (SSSR count). The molecule has 0 unspecified atom stereocenters. The van der Waals surface area contributed by atoms with Gasteiger partial charge in [-0.25, -0.2) is 0 Å². The van der Waals surface area contributed by atoms with E-state index >= 15 is 0 Å². The average Bonchev–Trinajstić information content (AvgIpc) is 2.96. The molecular formula is C21H18N2O3. The first kappa shape index (κ1) is 16.1. The van der Waals surface area contributed by atoms with Gasteiger partial charge in [0, 0.05) is 11.9 Å². The fourth-order valence-electron chi connectivity index (χ4n) is 3.23. The van der Waals surface area contributed by atoms with Crippen molar-refractivity contribution in [1.29, 1.82) is 0 Å². The summed E-state index contributed by atoms with van der Waals surface area (Å²) in [5.74, 6) is 0.463. The summed E-state index contributed by atoms with van der Waals surface area (Å²) in [4.78, 5) is 24.9. The van der Waals surface area contributed by atoms with Crippen LogP contribution in [-0.4, -0.2) is 18.4 Å². The molecule has 0 saturated carbocycles. The molecular weight excluding hydrogens is 328 g/mol. The van der Waals surface area contributed by atoms with Crippen molar-refractivity contribution in [3.8, 4) is 11.5 Å². The molecule has 5 nitrogen and oxygen atoms in total. The van der Waals surface area contributed by atoms with Crippen LogP contribution in [0.25, 0.3) is 10.8 Å². The third-order valence-electron chi connectivity index (χ3n) is 4.36. The van der Waals surface area contributed by atoms with E-state index in [4.69, 9.17) is 4.74 Å². The van der Waals surface area contributed by atoms with Gasteiger partial charge < -0.3 is 10.1 Å². The van der Waals surface area contributed by atoms with E-state index in [1.54, 1.807) is 0 Å². The number of rotatable bonds is 5. The van der Waals surface area contributed by atoms with Gasteiger partial charge in [-0.2, -0.15) is 0 Å². The summed E-state index contributed by atoms with van der Waals surface area (Å²) in [5, 5.41) is 7.20. The van der Waals surface area contributed by atoms with Gasteiger partial charge in [-0.3, -0.25) is 14.9 Å². The van der Waals surface area contributed by atoms with E-state index in [1.165, 1.54) is 0 Å². The highest BCUT2D eigenvalue weighted by Gasteiger charge is 2.34. The van der Waals surface area contributed by atoms with Gasteiger partial charge in [0.05, 0.1) is 16.8 Å². The Kier molecular flexibility index (Phi) is 4.05. The fraction of sp³-hybridized carbons (Fsp3) is 0.143. The van der Waals surface area contributed by atoms with Gasteiger partial charge in [0.25, 0.3) is 11.8 Å². The lowest BCUT2D eigenvalue weighted by Crippen LogP contribution is -2.20. The lowest BCUT2D eigenvalue weighted by molar-refractivity contribution is 0.0880. The van der Waals surface area contributed by atoms with Gasteiger partial charge in [-0.05, 0) is 23.9 Å². The predicted molar refractivity (Wildman–Crippen MR) is 101 cm³/mol. The number of anilines is 1. The highest BCUT2D eigenvalue weighted by Crippen LogP contribution is 2.43. The maximum absolute atomic E-state index is 12.5. The summed E-state index contributed by atoms with van der Waals surface area (Å²) < 4.78 is 6.17. The van der Waals surface area contributed by atoms with Gasteiger partial charge in [0.1, 0.15) is 5.75 Å². The lowest BCUT2D eigenvalue weighted by Gasteiger charge is -2.18. The number of imide groups is 1. The highest BCUT2D eigenvalue weighted by molar-refractivity contribution is 6.30. The Bertz CT molecular complexity index is 1010. The molecule has 2 amide bonds. The maximum Gasteiger partial charge on any atom is 0.261 e. The summed E-state index contributed by atoms with van der Waals surface area (Å²) in [7, 11) is 0. The molecule has 0 atom stereocenters. The molecule has 0 radical (unpaired) electrons. The van der Waals surface area contributed by atoms with E-state index in [-0.39, 0.29) is 5.91 Å². The van der Waals surface area contributed by atoms with Crippen molar-refractivity contribution in [2.24, 2.45) is 0 Å². The second kappa shape index (κ2) is 6.52. The topological polar surface area (TPSA) is 67.4 Å². The molecule has 1 aliphatic heterocycles. The van der Waals surface area contributed by atoms with Crippen molar-refractivity contribution in [2.45, 2.75) is 13.3 Å². The van der Waals surface area contributed by atoms with Crippen LogP contribution in [0.1, 0.15) is 34.1 Å². The number of carbonyl (C=O) groups excluding carboxylic acids is 2. The maximum atomic E-state index is 12.5. The van der Waals surface area contributed by atoms with Crippen molar-refractivity contribution in [2.75, 3.05) is 11.9 Å². The molecule has 0 aromatic heterocycles. The van der Waals surface area contributed by atoms with Crippen LogP contribution in [0.15, 0.2) is 54.6 Å². The second-order valence-electron chi connectivity index (χ2n) is 6.12. The van der Waals surface area contributed by atoms with Crippen molar-refractivity contribution in [3.63, 3.8) is 0 Å². The molecule has 3 aromatic carbocycles. The normalized spacial score (nSPS) is 12.8. The number of ether oxygens (including phenoxy) is 1. The van der Waals surface area contributed by atoms with E-state index in [1.807, 2.05) is 61.5 Å². The molecule has 0 bridgehead atoms. The molecule has 5 heteroatoms. The first-order chi connectivity index (χ1) is 12.7. The number of nitrogens with one attached hydrogen (secondary N) is 2. The van der Waals surface area contributed by atoms with Gasteiger partial charge in [-0.1, -0.05) is 49.4 Å². The minimum atomic E-state index is -0.396. The smallest absolute Gasteiger partial charge is 0.261 e. The SMILES string of the molecule is CCCNc1c2c(c3ccccc3c1Oc1ccccc1)C(=O)NC2=O. The van der Waals surface area contributed by atoms with E-state index < -0.39 is 5.91 Å². The van der Waals surface area contributed by atoms with Crippen LogP contribution in [0.5, 0.6) is 11.5 Å². The number of carbonyl (C=O) groups is 2. The number of amides is 2. The van der Waals surface area contributed by atoms with Crippen LogP contribution in [-0.2, 0) is 0 Å². The van der Waals surface area contributed by atoms with Crippen LogP contribution in [0.3, 0.4) is 0 Å². The Morgan fingerprint density at radius 3 is 2.27 bits per heavy atom. The monoisotopic (exact) mass is 346 g/mol. The van der Waals surface area contributed by atoms with E-state index in [0.717, 1.165) is 11.8 Å². The number of fused-ring (bicyclic) bond motifs is 3. The van der Waals surface area contributed by atoms with Crippen molar-refractivity contribution >= 4 is 28.3 Å². The van der Waals surface area contributed by atoms with Gasteiger partial charge in [0.2, 0.25) is 0 Å². The quantitative estimate of drug-likeness (QED) is 0.675. The summed E-state index contributed by atoms with van der Waals surface area (Å²) in [5.41, 5.74) is 1.32. The predicted octanol–water partition coefficient (Wildman–Crippen LogP) is 4.34. The first-order valence-corrected chi connectivity index (χ1v) is 8.62. The van der Waals surface area contributed by atoms with Crippen LogP contribution in [0, 0.1) is 0 Å². The number of hydrogen-bond donors (Lipinski definition) is 2. The number of benzene rings is 3. The zero-order valence-corrected chi connectivity index (χ0v) is 14.3. The summed E-state index contributed by atoms with van der Waals surface area (Å²) in [6.45, 7) is 2.70. The van der Waals surface area contributed by atoms with Gasteiger partial charge in [0.15, 0.2) is 5.75 Å². The molecule has 3 aromatic rings. The largest absolute Gasteiger partial charge is 0.455 e. The van der Waals surface area contributed by atoms with Gasteiger partial charge in [-0.15, -0.1) is 0 Å². The number of hydrogen-bond acceptors (Lipinski definition) is 4. The summed E-state index contributed by atoms with van der Waals surface area (Å²) >= 11 is 0. The van der Waals surface area contributed by atoms with Gasteiger partial charge >= 0.3 is 0 Å². The van der Waals surface area contributed by atoms with Crippen LogP contribution in [0.2, 0.25) is 0 Å². The Labute approximate surface area is 151 Å². The van der Waals surface area contributed by atoms with Crippen molar-refractivity contribution in [1.82, 2.24) is 5.32 Å². The van der Waals surface area contributed by atoms with Crippen molar-refractivity contribution in [3.05, 3.63) is 65.7 Å². The zero-order valence-electron chi connectivity index (χ0n) is 14.3. The minimum absolute atomic E-state index is 0.355. The fourth-order valence-corrected chi connectivity index (χ4v) is 3.23. The van der Waals surface area contributed by atoms with Crippen LogP contribution < -0.4 is 15.4 Å². The Hall–Kier alpha value is -3.34. The zero-order chi connectivity index (χ0) is 18.1.